The Morgan fingerprint density at radius 1 is 1.13 bits per heavy atom. The number of halogens is 1. The molecule has 4 aromatic rings. The lowest BCUT2D eigenvalue weighted by atomic mass is 9.75. The largest absolute Gasteiger partial charge is 0.450 e. The Bertz CT molecular complexity index is 1330. The van der Waals surface area contributed by atoms with Gasteiger partial charge in [-0.25, -0.2) is 19.7 Å². The van der Waals surface area contributed by atoms with Crippen LogP contribution in [0.4, 0.5) is 0 Å². The van der Waals surface area contributed by atoms with Gasteiger partial charge in [-0.05, 0) is 43.9 Å². The van der Waals surface area contributed by atoms with E-state index < -0.39 is 5.60 Å². The second-order valence-electron chi connectivity index (χ2n) is 8.14. The van der Waals surface area contributed by atoms with Gasteiger partial charge in [0.1, 0.15) is 16.9 Å². The maximum absolute atomic E-state index is 12.3. The fraction of sp³-hybridized carbons (Fsp3) is 0.261. The van der Waals surface area contributed by atoms with Crippen molar-refractivity contribution in [2.75, 3.05) is 0 Å². The van der Waals surface area contributed by atoms with E-state index in [-0.39, 0.29) is 11.9 Å². The number of carbonyl (C=O) groups excluding carboxylic acids is 1. The number of benzene rings is 1. The molecule has 0 unspecified atom stereocenters. The number of hydrogen-bond acceptors (Lipinski definition) is 6. The van der Waals surface area contributed by atoms with Gasteiger partial charge in [0.15, 0.2) is 11.5 Å². The van der Waals surface area contributed by atoms with Gasteiger partial charge in [0.25, 0.3) is 0 Å². The Labute approximate surface area is 182 Å². The monoisotopic (exact) mass is 431 g/mol. The fourth-order valence-electron chi connectivity index (χ4n) is 4.74. The van der Waals surface area contributed by atoms with Crippen LogP contribution in [0.1, 0.15) is 53.3 Å². The van der Waals surface area contributed by atoms with Crippen LogP contribution in [0.3, 0.4) is 0 Å². The van der Waals surface area contributed by atoms with Crippen molar-refractivity contribution in [1.82, 2.24) is 24.9 Å². The SMILES string of the molecule is O=C1O[C@]2(CC[C@H](c3nc4nc(-c5cccc(Cl)c5)ncc4[nH]3)CC2)c2cnccc21. The second kappa shape index (κ2) is 6.85. The lowest BCUT2D eigenvalue weighted by Gasteiger charge is -2.35. The molecule has 1 N–H and O–H groups in total. The van der Waals surface area contributed by atoms with Crippen molar-refractivity contribution < 1.29 is 9.53 Å². The molecule has 0 bridgehead atoms. The van der Waals surface area contributed by atoms with Crippen molar-refractivity contribution in [2.24, 2.45) is 0 Å². The molecule has 3 aromatic heterocycles. The molecule has 1 spiro atoms. The minimum atomic E-state index is -0.553. The van der Waals surface area contributed by atoms with Crippen LogP contribution in [-0.2, 0) is 10.3 Å². The van der Waals surface area contributed by atoms with E-state index in [1.54, 1.807) is 24.7 Å². The highest BCUT2D eigenvalue weighted by Gasteiger charge is 2.48. The molecule has 154 valence electrons. The van der Waals surface area contributed by atoms with Gasteiger partial charge in [-0.3, -0.25) is 4.98 Å². The number of esters is 1. The fourth-order valence-corrected chi connectivity index (χ4v) is 4.93. The highest BCUT2D eigenvalue weighted by atomic mass is 35.5. The predicted octanol–water partition coefficient (Wildman–Crippen LogP) is 4.79. The third-order valence-corrected chi connectivity index (χ3v) is 6.58. The second-order valence-corrected chi connectivity index (χ2v) is 8.58. The highest BCUT2D eigenvalue weighted by molar-refractivity contribution is 6.30. The molecule has 0 saturated heterocycles. The first-order chi connectivity index (χ1) is 15.1. The quantitative estimate of drug-likeness (QED) is 0.458. The number of carbonyl (C=O) groups is 1. The third-order valence-electron chi connectivity index (χ3n) is 6.34. The molecular weight excluding hydrogens is 414 g/mol. The summed E-state index contributed by atoms with van der Waals surface area (Å²) >= 11 is 6.10. The number of nitrogens with zero attached hydrogens (tertiary/aromatic N) is 4. The standard InChI is InChI=1S/C23H18ClN5O2/c24-15-3-1-2-14(10-15)19-26-12-18-21(28-19)29-20(27-18)13-4-7-23(8-5-13)17-11-25-9-6-16(17)22(30)31-23/h1-3,6,9-13H,4-5,7-8H2,(H,26,27,28,29)/t13-,23-. The molecule has 1 saturated carbocycles. The maximum atomic E-state index is 12.3. The van der Waals surface area contributed by atoms with Gasteiger partial charge in [-0.15, -0.1) is 0 Å². The summed E-state index contributed by atoms with van der Waals surface area (Å²) in [7, 11) is 0. The number of ether oxygens (including phenoxy) is 1. The van der Waals surface area contributed by atoms with E-state index in [9.17, 15) is 4.79 Å². The number of aromatic nitrogens is 5. The van der Waals surface area contributed by atoms with Crippen LogP contribution in [0.5, 0.6) is 0 Å². The maximum Gasteiger partial charge on any atom is 0.339 e. The molecule has 7 nitrogen and oxygen atoms in total. The normalized spacial score (nSPS) is 22.6. The van der Waals surface area contributed by atoms with Gasteiger partial charge < -0.3 is 9.72 Å². The molecule has 8 heteroatoms. The number of nitrogens with one attached hydrogen (secondary N) is 1. The molecule has 1 fully saturated rings. The minimum Gasteiger partial charge on any atom is -0.450 e. The Morgan fingerprint density at radius 2 is 2.00 bits per heavy atom. The summed E-state index contributed by atoms with van der Waals surface area (Å²) in [6.07, 6.45) is 8.38. The number of pyridine rings is 1. The van der Waals surface area contributed by atoms with Gasteiger partial charge in [-0.1, -0.05) is 23.7 Å². The van der Waals surface area contributed by atoms with Crippen LogP contribution >= 0.6 is 11.6 Å². The number of imidazole rings is 1. The Morgan fingerprint density at radius 3 is 2.84 bits per heavy atom. The third kappa shape index (κ3) is 2.99. The van der Waals surface area contributed by atoms with Crippen LogP contribution in [0, 0.1) is 0 Å². The van der Waals surface area contributed by atoms with E-state index in [1.165, 1.54) is 0 Å². The van der Waals surface area contributed by atoms with Crippen LogP contribution in [0.2, 0.25) is 5.02 Å². The summed E-state index contributed by atoms with van der Waals surface area (Å²) in [6, 6.07) is 9.21. The highest BCUT2D eigenvalue weighted by Crippen LogP contribution is 2.49. The molecule has 1 aliphatic carbocycles. The summed E-state index contributed by atoms with van der Waals surface area (Å²) in [6.45, 7) is 0. The summed E-state index contributed by atoms with van der Waals surface area (Å²) in [5, 5.41) is 0.643. The van der Waals surface area contributed by atoms with Crippen molar-refractivity contribution in [3.8, 4) is 11.4 Å². The van der Waals surface area contributed by atoms with Crippen molar-refractivity contribution >= 4 is 28.7 Å². The van der Waals surface area contributed by atoms with E-state index in [0.29, 0.717) is 22.1 Å². The van der Waals surface area contributed by atoms with E-state index in [1.807, 2.05) is 24.3 Å². The molecule has 0 amide bonds. The molecule has 31 heavy (non-hydrogen) atoms. The van der Waals surface area contributed by atoms with Gasteiger partial charge in [0, 0.05) is 34.5 Å². The predicted molar refractivity (Wildman–Crippen MR) is 115 cm³/mol. The molecule has 4 heterocycles. The summed E-state index contributed by atoms with van der Waals surface area (Å²) < 4.78 is 5.84. The van der Waals surface area contributed by atoms with E-state index in [2.05, 4.69) is 19.9 Å². The minimum absolute atomic E-state index is 0.244. The zero-order valence-electron chi connectivity index (χ0n) is 16.5. The zero-order valence-corrected chi connectivity index (χ0v) is 17.3. The Kier molecular flexibility index (Phi) is 4.08. The van der Waals surface area contributed by atoms with Crippen molar-refractivity contribution in [3.05, 3.63) is 70.9 Å². The van der Waals surface area contributed by atoms with Crippen molar-refractivity contribution in [2.45, 2.75) is 37.2 Å². The average Bonchev–Trinajstić information content (AvgIpc) is 3.33. The van der Waals surface area contributed by atoms with Gasteiger partial charge >= 0.3 is 5.97 Å². The Balaban J connectivity index is 1.26. The molecule has 2 aliphatic rings. The van der Waals surface area contributed by atoms with Gasteiger partial charge in [0.05, 0.1) is 11.8 Å². The molecule has 0 atom stereocenters. The summed E-state index contributed by atoms with van der Waals surface area (Å²) in [5.41, 5.74) is 3.31. The van der Waals surface area contributed by atoms with Crippen LogP contribution in [-0.4, -0.2) is 30.9 Å². The lowest BCUT2D eigenvalue weighted by molar-refractivity contribution is -0.0313. The number of aromatic amines is 1. The van der Waals surface area contributed by atoms with E-state index >= 15 is 0 Å². The zero-order chi connectivity index (χ0) is 21.0. The van der Waals surface area contributed by atoms with Crippen LogP contribution in [0.25, 0.3) is 22.6 Å². The van der Waals surface area contributed by atoms with E-state index in [0.717, 1.165) is 48.2 Å². The van der Waals surface area contributed by atoms with Gasteiger partial charge in [-0.2, -0.15) is 0 Å². The molecule has 1 aromatic carbocycles. The first kappa shape index (κ1) is 18.4. The first-order valence-corrected chi connectivity index (χ1v) is 10.7. The topological polar surface area (TPSA) is 93.6 Å². The summed E-state index contributed by atoms with van der Waals surface area (Å²) in [4.78, 5) is 33.7. The first-order valence-electron chi connectivity index (χ1n) is 10.3. The lowest BCUT2D eigenvalue weighted by Crippen LogP contribution is -2.31. The smallest absolute Gasteiger partial charge is 0.339 e. The number of H-pyrrole nitrogens is 1. The van der Waals surface area contributed by atoms with Crippen LogP contribution in [0.15, 0.2) is 48.9 Å². The average molecular weight is 432 g/mol. The molecule has 1 aliphatic heterocycles. The molecule has 6 rings (SSSR count). The number of rotatable bonds is 2. The Hall–Kier alpha value is -3.32. The number of fused-ring (bicyclic) bond motifs is 3. The molecular formula is C23H18ClN5O2. The van der Waals surface area contributed by atoms with E-state index in [4.69, 9.17) is 21.3 Å². The van der Waals surface area contributed by atoms with Gasteiger partial charge in [0.2, 0.25) is 0 Å². The van der Waals surface area contributed by atoms with Crippen molar-refractivity contribution in [3.63, 3.8) is 0 Å². The number of hydrogen-bond donors (Lipinski definition) is 1. The molecule has 0 radical (unpaired) electrons. The summed E-state index contributed by atoms with van der Waals surface area (Å²) in [5.74, 6) is 1.49. The van der Waals surface area contributed by atoms with Crippen LogP contribution < -0.4 is 0 Å². The van der Waals surface area contributed by atoms with Crippen molar-refractivity contribution in [1.29, 1.82) is 0 Å².